The summed E-state index contributed by atoms with van der Waals surface area (Å²) in [5.74, 6) is 1.63. The van der Waals surface area contributed by atoms with Gasteiger partial charge in [0.1, 0.15) is 5.82 Å². The lowest BCUT2D eigenvalue weighted by atomic mass is 10.2. The highest BCUT2D eigenvalue weighted by Gasteiger charge is 2.32. The van der Waals surface area contributed by atoms with Crippen molar-refractivity contribution in [1.82, 2.24) is 4.98 Å². The van der Waals surface area contributed by atoms with E-state index >= 15 is 0 Å². The maximum Gasteiger partial charge on any atom is 0.417 e. The number of nitrogens with zero attached hydrogens (tertiary/aromatic N) is 2. The van der Waals surface area contributed by atoms with Gasteiger partial charge in [0.05, 0.1) is 10.6 Å². The van der Waals surface area contributed by atoms with E-state index in [4.69, 9.17) is 21.1 Å². The van der Waals surface area contributed by atoms with Gasteiger partial charge in [-0.15, -0.1) is 0 Å². The molecule has 2 aromatic rings. The van der Waals surface area contributed by atoms with E-state index in [1.807, 2.05) is 19.1 Å². The van der Waals surface area contributed by atoms with Gasteiger partial charge in [-0.2, -0.15) is 13.2 Å². The van der Waals surface area contributed by atoms with Crippen molar-refractivity contribution < 1.29 is 22.6 Å². The van der Waals surface area contributed by atoms with Crippen LogP contribution in [0.1, 0.15) is 18.1 Å². The van der Waals surface area contributed by atoms with Crippen LogP contribution in [0.5, 0.6) is 11.5 Å². The molecule has 4 nitrogen and oxygen atoms in total. The zero-order valence-corrected chi connectivity index (χ0v) is 13.5. The average molecular weight is 359 g/mol. The van der Waals surface area contributed by atoms with Crippen LogP contribution in [0, 0.1) is 0 Å². The predicted octanol–water partition coefficient (Wildman–Crippen LogP) is 4.51. The number of hydrogen-bond donors (Lipinski definition) is 0. The Morgan fingerprint density at radius 2 is 1.96 bits per heavy atom. The van der Waals surface area contributed by atoms with Crippen molar-refractivity contribution in [2.45, 2.75) is 19.6 Å². The minimum atomic E-state index is -4.47. The Bertz CT molecular complexity index is 753. The lowest BCUT2D eigenvalue weighted by molar-refractivity contribution is -0.137. The summed E-state index contributed by atoms with van der Waals surface area (Å²) in [5.41, 5.74) is 0.0502. The Morgan fingerprint density at radius 1 is 1.21 bits per heavy atom. The van der Waals surface area contributed by atoms with Crippen molar-refractivity contribution in [3.05, 3.63) is 46.6 Å². The molecular weight excluding hydrogens is 345 g/mol. The lowest BCUT2D eigenvalue weighted by Gasteiger charge is -2.23. The number of fused-ring (bicyclic) bond motifs is 1. The standard InChI is InChI=1S/C16H14ClF3N2O2/c1-2-22(8-10-3-4-13-14(5-10)24-9-23-13)15-12(17)6-11(7-21-15)16(18,19)20/h3-7H,2,8-9H2,1H3. The third kappa shape index (κ3) is 3.36. The Hall–Kier alpha value is -2.15. The highest BCUT2D eigenvalue weighted by Crippen LogP contribution is 2.35. The summed E-state index contributed by atoms with van der Waals surface area (Å²) in [6, 6.07) is 6.40. The van der Waals surface area contributed by atoms with Crippen LogP contribution >= 0.6 is 11.6 Å². The number of aromatic nitrogens is 1. The molecule has 0 atom stereocenters. The summed E-state index contributed by atoms with van der Waals surface area (Å²) in [7, 11) is 0. The van der Waals surface area contributed by atoms with Gasteiger partial charge in [-0.3, -0.25) is 0 Å². The highest BCUT2D eigenvalue weighted by molar-refractivity contribution is 6.33. The van der Waals surface area contributed by atoms with Crippen LogP contribution in [0.3, 0.4) is 0 Å². The van der Waals surface area contributed by atoms with Crippen molar-refractivity contribution in [2.24, 2.45) is 0 Å². The summed E-state index contributed by atoms with van der Waals surface area (Å²) in [4.78, 5) is 5.69. The molecule has 8 heteroatoms. The van der Waals surface area contributed by atoms with Crippen LogP contribution in [0.4, 0.5) is 19.0 Å². The first-order valence-electron chi connectivity index (χ1n) is 7.24. The van der Waals surface area contributed by atoms with Crippen molar-refractivity contribution in [1.29, 1.82) is 0 Å². The molecule has 1 aromatic carbocycles. The number of benzene rings is 1. The summed E-state index contributed by atoms with van der Waals surface area (Å²) >= 11 is 6.02. The van der Waals surface area contributed by atoms with Gasteiger partial charge in [-0.25, -0.2) is 4.98 Å². The van der Waals surface area contributed by atoms with E-state index in [0.717, 1.165) is 17.8 Å². The van der Waals surface area contributed by atoms with E-state index in [-0.39, 0.29) is 11.8 Å². The molecule has 0 saturated carbocycles. The summed E-state index contributed by atoms with van der Waals surface area (Å²) in [6.45, 7) is 3.03. The maximum absolute atomic E-state index is 12.7. The molecule has 0 fully saturated rings. The zero-order valence-electron chi connectivity index (χ0n) is 12.7. The van der Waals surface area contributed by atoms with Gasteiger partial charge in [0.2, 0.25) is 6.79 Å². The molecule has 1 aliphatic heterocycles. The number of hydrogen-bond acceptors (Lipinski definition) is 4. The quantitative estimate of drug-likeness (QED) is 0.805. The number of ether oxygens (including phenoxy) is 2. The summed E-state index contributed by atoms with van der Waals surface area (Å²) < 4.78 is 48.7. The van der Waals surface area contributed by atoms with Crippen molar-refractivity contribution >= 4 is 17.4 Å². The van der Waals surface area contributed by atoms with Gasteiger partial charge < -0.3 is 14.4 Å². The molecule has 0 unspecified atom stereocenters. The fourth-order valence-corrected chi connectivity index (χ4v) is 2.70. The molecule has 0 spiro atoms. The van der Waals surface area contributed by atoms with Gasteiger partial charge in [-0.05, 0) is 30.7 Å². The molecule has 0 bridgehead atoms. The van der Waals surface area contributed by atoms with Crippen molar-refractivity contribution in [3.63, 3.8) is 0 Å². The van der Waals surface area contributed by atoms with Gasteiger partial charge in [0.15, 0.2) is 11.5 Å². The summed E-state index contributed by atoms with van der Waals surface area (Å²) in [6.07, 6.45) is -3.67. The van der Waals surface area contributed by atoms with Crippen LogP contribution in [-0.2, 0) is 12.7 Å². The first-order chi connectivity index (χ1) is 11.4. The third-order valence-electron chi connectivity index (χ3n) is 3.64. The Kier molecular flexibility index (Phi) is 4.45. The maximum atomic E-state index is 12.7. The highest BCUT2D eigenvalue weighted by atomic mass is 35.5. The number of rotatable bonds is 4. The molecule has 0 saturated heterocycles. The van der Waals surface area contributed by atoms with E-state index in [1.54, 1.807) is 11.0 Å². The second-order valence-corrected chi connectivity index (χ2v) is 5.64. The zero-order chi connectivity index (χ0) is 17.3. The average Bonchev–Trinajstić information content (AvgIpc) is 2.99. The molecule has 0 amide bonds. The van der Waals surface area contributed by atoms with Crippen LogP contribution in [0.25, 0.3) is 0 Å². The van der Waals surface area contributed by atoms with E-state index in [2.05, 4.69) is 4.98 Å². The molecule has 1 aromatic heterocycles. The van der Waals surface area contributed by atoms with E-state index < -0.39 is 11.7 Å². The fraction of sp³-hybridized carbons (Fsp3) is 0.312. The molecular formula is C16H14ClF3N2O2. The van der Waals surface area contributed by atoms with Gasteiger partial charge >= 0.3 is 6.18 Å². The van der Waals surface area contributed by atoms with Crippen molar-refractivity contribution in [2.75, 3.05) is 18.2 Å². The smallest absolute Gasteiger partial charge is 0.417 e. The first-order valence-corrected chi connectivity index (χ1v) is 7.62. The molecule has 0 N–H and O–H groups in total. The number of alkyl halides is 3. The lowest BCUT2D eigenvalue weighted by Crippen LogP contribution is -2.23. The van der Waals surface area contributed by atoms with Gasteiger partial charge in [-0.1, -0.05) is 17.7 Å². The first kappa shape index (κ1) is 16.7. The third-order valence-corrected chi connectivity index (χ3v) is 3.92. The largest absolute Gasteiger partial charge is 0.454 e. The molecule has 24 heavy (non-hydrogen) atoms. The Balaban J connectivity index is 1.84. The molecule has 0 radical (unpaired) electrons. The number of halogens is 4. The van der Waals surface area contributed by atoms with Crippen LogP contribution < -0.4 is 14.4 Å². The van der Waals surface area contributed by atoms with E-state index in [0.29, 0.717) is 30.4 Å². The van der Waals surface area contributed by atoms with Crippen molar-refractivity contribution in [3.8, 4) is 11.5 Å². The van der Waals surface area contributed by atoms with Gasteiger partial charge in [0, 0.05) is 19.3 Å². The molecule has 3 rings (SSSR count). The predicted molar refractivity (Wildman–Crippen MR) is 83.5 cm³/mol. The normalized spacial score (nSPS) is 13.2. The Morgan fingerprint density at radius 3 is 2.62 bits per heavy atom. The number of pyridine rings is 1. The Labute approximate surface area is 141 Å². The summed E-state index contributed by atoms with van der Waals surface area (Å²) in [5, 5.41) is -0.0348. The molecule has 128 valence electrons. The number of anilines is 1. The second kappa shape index (κ2) is 6.39. The molecule has 0 aliphatic carbocycles. The van der Waals surface area contributed by atoms with E-state index in [1.165, 1.54) is 0 Å². The minimum Gasteiger partial charge on any atom is -0.454 e. The monoisotopic (exact) mass is 358 g/mol. The minimum absolute atomic E-state index is 0.0348. The van der Waals surface area contributed by atoms with Crippen LogP contribution in [0.15, 0.2) is 30.5 Å². The fourth-order valence-electron chi connectivity index (χ4n) is 2.41. The van der Waals surface area contributed by atoms with E-state index in [9.17, 15) is 13.2 Å². The molecule has 1 aliphatic rings. The SMILES string of the molecule is CCN(Cc1ccc2c(c1)OCO2)c1ncc(C(F)(F)F)cc1Cl. The molecule has 2 heterocycles. The topological polar surface area (TPSA) is 34.6 Å². The second-order valence-electron chi connectivity index (χ2n) is 5.23. The van der Waals surface area contributed by atoms with Gasteiger partial charge in [0.25, 0.3) is 0 Å². The van der Waals surface area contributed by atoms with Crippen LogP contribution in [0.2, 0.25) is 5.02 Å². The van der Waals surface area contributed by atoms with Crippen LogP contribution in [-0.4, -0.2) is 18.3 Å².